The Balaban J connectivity index is 1.82. The maximum atomic E-state index is 12.3. The maximum absolute atomic E-state index is 12.3. The number of amides is 1. The zero-order valence-corrected chi connectivity index (χ0v) is 12.2. The Bertz CT molecular complexity index is 600. The molecule has 1 amide bonds. The molecular weight excluding hydrogens is 270 g/mol. The van der Waals surface area contributed by atoms with Gasteiger partial charge >= 0.3 is 0 Å². The number of nitrogens with one attached hydrogen (secondary N) is 1. The van der Waals surface area contributed by atoms with Crippen LogP contribution < -0.4 is 5.32 Å². The third-order valence-electron chi connectivity index (χ3n) is 3.71. The van der Waals surface area contributed by atoms with Crippen molar-refractivity contribution in [3.05, 3.63) is 34.7 Å². The number of carbonyl (C=O) groups excluding carboxylic acids is 1. The predicted molar refractivity (Wildman–Crippen MR) is 79.8 cm³/mol. The van der Waals surface area contributed by atoms with Gasteiger partial charge in [-0.25, -0.2) is 0 Å². The van der Waals surface area contributed by atoms with Gasteiger partial charge in [-0.3, -0.25) is 4.79 Å². The highest BCUT2D eigenvalue weighted by Gasteiger charge is 2.22. The summed E-state index contributed by atoms with van der Waals surface area (Å²) in [5.41, 5.74) is 2.82. The number of carbonyl (C=O) groups is 1. The van der Waals surface area contributed by atoms with Crippen molar-refractivity contribution in [1.29, 1.82) is 0 Å². The lowest BCUT2D eigenvalue weighted by atomic mass is 10.1. The van der Waals surface area contributed by atoms with Gasteiger partial charge in [0.2, 0.25) is 0 Å². The molecule has 0 saturated heterocycles. The summed E-state index contributed by atoms with van der Waals surface area (Å²) in [4.78, 5) is 13.0. The third-order valence-corrected chi connectivity index (χ3v) is 4.43. The third kappa shape index (κ3) is 2.72. The van der Waals surface area contributed by atoms with Crippen LogP contribution in [0.2, 0.25) is 0 Å². The van der Waals surface area contributed by atoms with E-state index in [2.05, 4.69) is 14.9 Å². The van der Waals surface area contributed by atoms with Gasteiger partial charge in [-0.1, -0.05) is 47.2 Å². The number of hydrogen-bond acceptors (Lipinski definition) is 4. The van der Waals surface area contributed by atoms with E-state index in [1.807, 2.05) is 31.2 Å². The highest BCUT2D eigenvalue weighted by molar-refractivity contribution is 7.08. The van der Waals surface area contributed by atoms with Crippen LogP contribution in [0.25, 0.3) is 11.3 Å². The first-order valence-electron chi connectivity index (χ1n) is 6.94. The fraction of sp³-hybridized carbons (Fsp3) is 0.400. The van der Waals surface area contributed by atoms with Crippen molar-refractivity contribution >= 4 is 17.4 Å². The molecule has 1 N–H and O–H groups in total. The smallest absolute Gasteiger partial charge is 0.265 e. The van der Waals surface area contributed by atoms with Crippen LogP contribution in [0.4, 0.5) is 0 Å². The first-order valence-corrected chi connectivity index (χ1v) is 7.71. The maximum Gasteiger partial charge on any atom is 0.265 e. The molecule has 1 aliphatic carbocycles. The molecule has 0 unspecified atom stereocenters. The van der Waals surface area contributed by atoms with Crippen LogP contribution in [0.15, 0.2) is 24.3 Å². The molecule has 0 aliphatic heterocycles. The normalized spacial score (nSPS) is 15.4. The minimum Gasteiger partial charge on any atom is -0.348 e. The molecule has 1 aliphatic rings. The average molecular weight is 287 g/mol. The van der Waals surface area contributed by atoms with Gasteiger partial charge in [0.1, 0.15) is 10.6 Å². The minimum atomic E-state index is -0.0394. The summed E-state index contributed by atoms with van der Waals surface area (Å²) in [5, 5.41) is 7.21. The topological polar surface area (TPSA) is 54.9 Å². The van der Waals surface area contributed by atoms with Crippen LogP contribution in [-0.2, 0) is 0 Å². The Morgan fingerprint density at radius 1 is 1.25 bits per heavy atom. The summed E-state index contributed by atoms with van der Waals surface area (Å²) >= 11 is 1.17. The first kappa shape index (κ1) is 13.2. The molecule has 2 aromatic rings. The summed E-state index contributed by atoms with van der Waals surface area (Å²) in [6, 6.07) is 8.33. The van der Waals surface area contributed by atoms with E-state index in [9.17, 15) is 4.79 Å². The van der Waals surface area contributed by atoms with E-state index in [4.69, 9.17) is 0 Å². The standard InChI is InChI=1S/C15H17N3OS/c1-10-6-8-11(9-7-10)13-14(20-18-17-13)15(19)16-12-4-2-3-5-12/h6-9,12H,2-5H2,1H3,(H,16,19). The van der Waals surface area contributed by atoms with Gasteiger partial charge in [-0.15, -0.1) is 5.10 Å². The lowest BCUT2D eigenvalue weighted by Gasteiger charge is -2.11. The van der Waals surface area contributed by atoms with E-state index in [1.165, 1.54) is 29.9 Å². The van der Waals surface area contributed by atoms with Crippen molar-refractivity contribution in [2.45, 2.75) is 38.6 Å². The molecular formula is C15H17N3OS. The minimum absolute atomic E-state index is 0.0394. The van der Waals surface area contributed by atoms with Crippen molar-refractivity contribution in [1.82, 2.24) is 14.9 Å². The van der Waals surface area contributed by atoms with Crippen molar-refractivity contribution in [3.63, 3.8) is 0 Å². The van der Waals surface area contributed by atoms with Gasteiger partial charge in [0.25, 0.3) is 5.91 Å². The molecule has 0 atom stereocenters. The van der Waals surface area contributed by atoms with Crippen molar-refractivity contribution in [2.75, 3.05) is 0 Å². The van der Waals surface area contributed by atoms with Crippen LogP contribution in [0.5, 0.6) is 0 Å². The Morgan fingerprint density at radius 2 is 1.95 bits per heavy atom. The molecule has 0 radical (unpaired) electrons. The number of nitrogens with zero attached hydrogens (tertiary/aromatic N) is 2. The molecule has 1 saturated carbocycles. The number of aryl methyl sites for hydroxylation is 1. The molecule has 4 nitrogen and oxygen atoms in total. The summed E-state index contributed by atoms with van der Waals surface area (Å²) in [6.45, 7) is 2.04. The second-order valence-corrected chi connectivity index (χ2v) is 6.03. The second-order valence-electron chi connectivity index (χ2n) is 5.27. The van der Waals surface area contributed by atoms with Crippen LogP contribution in [0, 0.1) is 6.92 Å². The zero-order valence-electron chi connectivity index (χ0n) is 11.4. The van der Waals surface area contributed by atoms with Gasteiger partial charge in [0.15, 0.2) is 0 Å². The fourth-order valence-corrected chi connectivity index (χ4v) is 3.15. The molecule has 0 spiro atoms. The van der Waals surface area contributed by atoms with Crippen molar-refractivity contribution in [3.8, 4) is 11.3 Å². The van der Waals surface area contributed by atoms with E-state index in [1.54, 1.807) is 0 Å². The van der Waals surface area contributed by atoms with E-state index in [-0.39, 0.29) is 5.91 Å². The van der Waals surface area contributed by atoms with Crippen molar-refractivity contribution in [2.24, 2.45) is 0 Å². The van der Waals surface area contributed by atoms with Gasteiger partial charge in [-0.05, 0) is 31.3 Å². The number of benzene rings is 1. The quantitative estimate of drug-likeness (QED) is 0.943. The highest BCUT2D eigenvalue weighted by Crippen LogP contribution is 2.25. The Labute approximate surface area is 122 Å². The first-order chi connectivity index (χ1) is 9.74. The monoisotopic (exact) mass is 287 g/mol. The van der Waals surface area contributed by atoms with Gasteiger partial charge in [0.05, 0.1) is 0 Å². The highest BCUT2D eigenvalue weighted by atomic mass is 32.1. The molecule has 1 fully saturated rings. The Hall–Kier alpha value is -1.75. The number of hydrogen-bond donors (Lipinski definition) is 1. The van der Waals surface area contributed by atoms with Crippen LogP contribution in [-0.4, -0.2) is 21.5 Å². The molecule has 0 bridgehead atoms. The van der Waals surface area contributed by atoms with Crippen LogP contribution in [0.3, 0.4) is 0 Å². The number of rotatable bonds is 3. The molecule has 104 valence electrons. The van der Waals surface area contributed by atoms with Crippen LogP contribution in [0.1, 0.15) is 40.9 Å². The molecule has 1 aromatic carbocycles. The lowest BCUT2D eigenvalue weighted by molar-refractivity contribution is 0.0942. The van der Waals surface area contributed by atoms with Crippen LogP contribution >= 0.6 is 11.5 Å². The zero-order chi connectivity index (χ0) is 13.9. The van der Waals surface area contributed by atoms with Crippen molar-refractivity contribution < 1.29 is 4.79 Å². The van der Waals surface area contributed by atoms with Gasteiger partial charge < -0.3 is 5.32 Å². The van der Waals surface area contributed by atoms with E-state index >= 15 is 0 Å². The van der Waals surface area contributed by atoms with E-state index in [0.717, 1.165) is 18.4 Å². The molecule has 20 heavy (non-hydrogen) atoms. The second kappa shape index (κ2) is 5.71. The summed E-state index contributed by atoms with van der Waals surface area (Å²) < 4.78 is 3.95. The SMILES string of the molecule is Cc1ccc(-c2nnsc2C(=O)NC2CCCC2)cc1. The largest absolute Gasteiger partial charge is 0.348 e. The van der Waals surface area contributed by atoms with E-state index < -0.39 is 0 Å². The Kier molecular flexibility index (Phi) is 3.78. The average Bonchev–Trinajstić information content (AvgIpc) is 3.10. The summed E-state index contributed by atoms with van der Waals surface area (Å²) in [5.74, 6) is -0.0394. The molecule has 3 rings (SSSR count). The lowest BCUT2D eigenvalue weighted by Crippen LogP contribution is -2.32. The summed E-state index contributed by atoms with van der Waals surface area (Å²) in [6.07, 6.45) is 4.57. The summed E-state index contributed by atoms with van der Waals surface area (Å²) in [7, 11) is 0. The molecule has 1 aromatic heterocycles. The van der Waals surface area contributed by atoms with E-state index in [0.29, 0.717) is 16.6 Å². The van der Waals surface area contributed by atoms with Gasteiger partial charge in [0, 0.05) is 11.6 Å². The Morgan fingerprint density at radius 3 is 2.65 bits per heavy atom. The number of aromatic nitrogens is 2. The van der Waals surface area contributed by atoms with Gasteiger partial charge in [-0.2, -0.15) is 0 Å². The fourth-order valence-electron chi connectivity index (χ4n) is 2.56. The molecule has 1 heterocycles. The molecule has 5 heteroatoms. The predicted octanol–water partition coefficient (Wildman–Crippen LogP) is 3.19.